The molecule has 0 aliphatic carbocycles. The Hall–Kier alpha value is -0.0900. The number of nitrogens with one attached hydrogen (secondary N) is 1. The number of hydrogen-bond donors (Lipinski definition) is 1. The van der Waals surface area contributed by atoms with Crippen LogP contribution in [0.4, 0.5) is 0 Å². The van der Waals surface area contributed by atoms with E-state index in [1.807, 2.05) is 6.07 Å². The molecule has 0 radical (unpaired) electrons. The molecule has 2 unspecified atom stereocenters. The molecule has 20 heavy (non-hydrogen) atoms. The van der Waals surface area contributed by atoms with Gasteiger partial charge in [0.25, 0.3) is 0 Å². The minimum atomic E-state index is 0.312. The summed E-state index contributed by atoms with van der Waals surface area (Å²) >= 11 is 9.84. The summed E-state index contributed by atoms with van der Waals surface area (Å²) in [4.78, 5) is 2.41. The molecule has 0 heterocycles. The summed E-state index contributed by atoms with van der Waals surface area (Å²) in [6.45, 7) is 8.66. The minimum absolute atomic E-state index is 0.312. The predicted octanol–water partition coefficient (Wildman–Crippen LogP) is 4.87. The highest BCUT2D eigenvalue weighted by Gasteiger charge is 2.16. The molecule has 1 aromatic carbocycles. The lowest BCUT2D eigenvalue weighted by molar-refractivity contribution is 0.238. The first-order chi connectivity index (χ1) is 9.49. The quantitative estimate of drug-likeness (QED) is 0.710. The minimum Gasteiger partial charge on any atom is -0.310 e. The first kappa shape index (κ1) is 18.0. The Morgan fingerprint density at radius 2 is 2.05 bits per heavy atom. The lowest BCUT2D eigenvalue weighted by Crippen LogP contribution is -2.32. The van der Waals surface area contributed by atoms with Crippen LogP contribution in [0.2, 0.25) is 5.02 Å². The van der Waals surface area contributed by atoms with Gasteiger partial charge in [0.05, 0.1) is 0 Å². The molecule has 0 saturated heterocycles. The summed E-state index contributed by atoms with van der Waals surface area (Å²) in [5.41, 5.74) is 1.19. The van der Waals surface area contributed by atoms with Crippen molar-refractivity contribution in [3.8, 4) is 0 Å². The third-order valence-electron chi connectivity index (χ3n) is 3.90. The van der Waals surface area contributed by atoms with Gasteiger partial charge in [-0.1, -0.05) is 47.4 Å². The number of benzene rings is 1. The van der Waals surface area contributed by atoms with E-state index in [1.165, 1.54) is 12.0 Å². The molecule has 2 atom stereocenters. The van der Waals surface area contributed by atoms with Gasteiger partial charge in [0.15, 0.2) is 0 Å². The van der Waals surface area contributed by atoms with E-state index in [0.717, 1.165) is 29.0 Å². The van der Waals surface area contributed by atoms with Gasteiger partial charge in [0.1, 0.15) is 0 Å². The smallest absolute Gasteiger partial charge is 0.0465 e. The molecular weight excluding hydrogens is 336 g/mol. The first-order valence-corrected chi connectivity index (χ1v) is 8.55. The fourth-order valence-corrected chi connectivity index (χ4v) is 3.07. The Morgan fingerprint density at radius 1 is 1.35 bits per heavy atom. The zero-order valence-corrected chi connectivity index (χ0v) is 15.3. The van der Waals surface area contributed by atoms with Crippen molar-refractivity contribution in [3.63, 3.8) is 0 Å². The van der Waals surface area contributed by atoms with E-state index in [-0.39, 0.29) is 0 Å². The van der Waals surface area contributed by atoms with Crippen LogP contribution in [0.5, 0.6) is 0 Å². The molecule has 4 heteroatoms. The van der Waals surface area contributed by atoms with Crippen molar-refractivity contribution in [2.24, 2.45) is 0 Å². The molecule has 0 spiro atoms. The highest BCUT2D eigenvalue weighted by atomic mass is 79.9. The van der Waals surface area contributed by atoms with Crippen LogP contribution < -0.4 is 5.32 Å². The van der Waals surface area contributed by atoms with E-state index >= 15 is 0 Å². The largest absolute Gasteiger partial charge is 0.310 e. The van der Waals surface area contributed by atoms with E-state index in [9.17, 15) is 0 Å². The van der Waals surface area contributed by atoms with Crippen molar-refractivity contribution in [1.29, 1.82) is 0 Å². The fourth-order valence-electron chi connectivity index (χ4n) is 2.26. The molecule has 0 aromatic heterocycles. The van der Waals surface area contributed by atoms with Crippen LogP contribution in [-0.2, 0) is 0 Å². The maximum absolute atomic E-state index is 6.38. The summed E-state index contributed by atoms with van der Waals surface area (Å²) in [7, 11) is 2.19. The van der Waals surface area contributed by atoms with E-state index in [2.05, 4.69) is 66.1 Å². The normalized spacial score (nSPS) is 14.6. The first-order valence-electron chi connectivity index (χ1n) is 7.38. The molecule has 0 aliphatic heterocycles. The molecule has 114 valence electrons. The van der Waals surface area contributed by atoms with Gasteiger partial charge in [0, 0.05) is 21.6 Å². The van der Waals surface area contributed by atoms with Crippen molar-refractivity contribution in [1.82, 2.24) is 10.2 Å². The molecule has 0 saturated carbocycles. The molecule has 0 bridgehead atoms. The number of halogens is 2. The second-order valence-corrected chi connectivity index (χ2v) is 6.63. The third-order valence-corrected chi connectivity index (χ3v) is 4.72. The molecule has 1 aromatic rings. The molecule has 2 nitrogen and oxygen atoms in total. The van der Waals surface area contributed by atoms with Crippen molar-refractivity contribution >= 4 is 27.5 Å². The Morgan fingerprint density at radius 3 is 2.60 bits per heavy atom. The van der Waals surface area contributed by atoms with E-state index in [1.54, 1.807) is 0 Å². The maximum Gasteiger partial charge on any atom is 0.0465 e. The molecule has 1 rings (SSSR count). The van der Waals surface area contributed by atoms with Crippen LogP contribution in [0.3, 0.4) is 0 Å². The highest BCUT2D eigenvalue weighted by molar-refractivity contribution is 9.10. The summed E-state index contributed by atoms with van der Waals surface area (Å²) in [5.74, 6) is 0. The Balaban J connectivity index is 2.73. The molecule has 0 aliphatic rings. The fraction of sp³-hybridized carbons (Fsp3) is 0.625. The summed E-state index contributed by atoms with van der Waals surface area (Å²) in [6, 6.07) is 7.08. The summed E-state index contributed by atoms with van der Waals surface area (Å²) in [6.07, 6.45) is 2.25. The number of nitrogens with zero attached hydrogens (tertiary/aromatic N) is 1. The SMILES string of the molecule is CCNC(CCN(C)C(C)CC)c1ccc(Br)cc1Cl. The van der Waals surface area contributed by atoms with Crippen LogP contribution in [0, 0.1) is 0 Å². The van der Waals surface area contributed by atoms with Crippen molar-refractivity contribution < 1.29 is 0 Å². The van der Waals surface area contributed by atoms with Gasteiger partial charge in [-0.05, 0) is 57.6 Å². The van der Waals surface area contributed by atoms with Gasteiger partial charge in [-0.25, -0.2) is 0 Å². The monoisotopic (exact) mass is 360 g/mol. The van der Waals surface area contributed by atoms with Crippen LogP contribution in [0.1, 0.15) is 45.2 Å². The van der Waals surface area contributed by atoms with Crippen molar-refractivity contribution in [2.45, 2.75) is 45.7 Å². The lowest BCUT2D eigenvalue weighted by Gasteiger charge is -2.27. The zero-order chi connectivity index (χ0) is 15.1. The van der Waals surface area contributed by atoms with Crippen LogP contribution in [-0.4, -0.2) is 31.1 Å². The summed E-state index contributed by atoms with van der Waals surface area (Å²) < 4.78 is 1.03. The molecule has 1 N–H and O–H groups in total. The Labute approximate surface area is 137 Å². The van der Waals surface area contributed by atoms with E-state index in [4.69, 9.17) is 11.6 Å². The number of rotatable bonds is 8. The van der Waals surface area contributed by atoms with Gasteiger partial charge in [-0.2, -0.15) is 0 Å². The molecule has 0 fully saturated rings. The van der Waals surface area contributed by atoms with Crippen molar-refractivity contribution in [2.75, 3.05) is 20.1 Å². The van der Waals surface area contributed by atoms with Gasteiger partial charge < -0.3 is 10.2 Å². The van der Waals surface area contributed by atoms with Crippen LogP contribution in [0.25, 0.3) is 0 Å². The topological polar surface area (TPSA) is 15.3 Å². The Bertz CT molecular complexity index is 411. The van der Waals surface area contributed by atoms with Crippen LogP contribution >= 0.6 is 27.5 Å². The number of hydrogen-bond acceptors (Lipinski definition) is 2. The van der Waals surface area contributed by atoms with Crippen molar-refractivity contribution in [3.05, 3.63) is 33.3 Å². The van der Waals surface area contributed by atoms with Gasteiger partial charge in [-0.3, -0.25) is 0 Å². The summed E-state index contributed by atoms with van der Waals surface area (Å²) in [5, 5.41) is 4.38. The second-order valence-electron chi connectivity index (χ2n) is 5.30. The molecule has 0 amide bonds. The van der Waals surface area contributed by atoms with Gasteiger partial charge in [0.2, 0.25) is 0 Å². The third kappa shape index (κ3) is 5.36. The molecular formula is C16H26BrClN2. The maximum atomic E-state index is 6.38. The Kier molecular flexibility index (Phi) is 8.11. The van der Waals surface area contributed by atoms with Gasteiger partial charge in [-0.15, -0.1) is 0 Å². The predicted molar refractivity (Wildman–Crippen MR) is 92.6 cm³/mol. The average Bonchev–Trinajstić information content (AvgIpc) is 2.42. The van der Waals surface area contributed by atoms with Gasteiger partial charge >= 0.3 is 0 Å². The van der Waals surface area contributed by atoms with E-state index < -0.39 is 0 Å². The highest BCUT2D eigenvalue weighted by Crippen LogP contribution is 2.28. The van der Waals surface area contributed by atoms with E-state index in [0.29, 0.717) is 12.1 Å². The lowest BCUT2D eigenvalue weighted by atomic mass is 10.0. The van der Waals surface area contributed by atoms with Crippen LogP contribution in [0.15, 0.2) is 22.7 Å². The second kappa shape index (κ2) is 9.04. The standard InChI is InChI=1S/C16H26BrClN2/c1-5-12(3)20(4)10-9-16(19-6-2)14-8-7-13(17)11-15(14)18/h7-8,11-12,16,19H,5-6,9-10H2,1-4H3. The average molecular weight is 362 g/mol. The zero-order valence-electron chi connectivity index (χ0n) is 12.9.